The Morgan fingerprint density at radius 2 is 1.06 bits per heavy atom. The first-order chi connectivity index (χ1) is 14.4. The van der Waals surface area contributed by atoms with Gasteiger partial charge in [-0.25, -0.2) is 0 Å². The van der Waals surface area contributed by atoms with Gasteiger partial charge in [-0.2, -0.15) is 0 Å². The molecule has 0 aliphatic carbocycles. The molecule has 2 aromatic rings. The maximum absolute atomic E-state index is 10.4. The van der Waals surface area contributed by atoms with Crippen LogP contribution in [-0.4, -0.2) is 35.7 Å². The molecule has 0 saturated carbocycles. The Morgan fingerprint density at radius 3 is 1.35 bits per heavy atom. The molecule has 0 aliphatic heterocycles. The number of hydrogen-bond donors (Lipinski definition) is 2. The summed E-state index contributed by atoms with van der Waals surface area (Å²) in [6, 6.07) is 11.5. The van der Waals surface area contributed by atoms with E-state index in [-0.39, 0.29) is 22.3 Å². The molecule has 2 rings (SSSR count). The summed E-state index contributed by atoms with van der Waals surface area (Å²) in [4.78, 5) is 8.75. The second-order valence-corrected chi connectivity index (χ2v) is 11.7. The van der Waals surface area contributed by atoms with Crippen LogP contribution in [0.1, 0.15) is 63.8 Å². The monoisotopic (exact) mass is 498 g/mol. The third kappa shape index (κ3) is 8.98. The molecule has 0 aromatic heterocycles. The van der Waals surface area contributed by atoms with E-state index in [0.717, 1.165) is 11.1 Å². The molecule has 0 aliphatic rings. The Morgan fingerprint density at radius 1 is 0.742 bits per heavy atom. The fraction of sp³-hybridized carbons (Fsp3) is 0.417. The fourth-order valence-electron chi connectivity index (χ4n) is 2.98. The normalized spacial score (nSPS) is 12.1. The molecule has 0 amide bonds. The first-order valence-electron chi connectivity index (χ1n) is 10.0. The van der Waals surface area contributed by atoms with Crippen LogP contribution in [-0.2, 0) is 27.9 Å². The first kappa shape index (κ1) is 27.7. The molecular weight excluding hydrogens is 467 g/mol. The van der Waals surface area contributed by atoms with Gasteiger partial charge in [-0.15, -0.1) is 0 Å². The number of halogens is 2. The number of nitrogens with zero attached hydrogens (tertiary/aromatic N) is 2. The van der Waals surface area contributed by atoms with Gasteiger partial charge in [-0.1, -0.05) is 65.8 Å². The van der Waals surface area contributed by atoms with E-state index >= 15 is 0 Å². The van der Waals surface area contributed by atoms with Crippen molar-refractivity contribution in [2.24, 2.45) is 9.98 Å². The van der Waals surface area contributed by atoms with E-state index in [2.05, 4.69) is 51.5 Å². The molecule has 4 nitrogen and oxygen atoms in total. The van der Waals surface area contributed by atoms with E-state index in [4.69, 9.17) is 18.6 Å². The van der Waals surface area contributed by atoms with Gasteiger partial charge in [0.1, 0.15) is 11.5 Å². The van der Waals surface area contributed by atoms with Crippen molar-refractivity contribution in [3.8, 4) is 11.5 Å². The van der Waals surface area contributed by atoms with E-state index in [1.165, 1.54) is 0 Å². The van der Waals surface area contributed by atoms with Crippen molar-refractivity contribution in [1.82, 2.24) is 0 Å². The number of rotatable bonds is 5. The molecule has 0 spiro atoms. The van der Waals surface area contributed by atoms with Crippen LogP contribution in [0.25, 0.3) is 0 Å². The molecule has 0 bridgehead atoms. The van der Waals surface area contributed by atoms with Gasteiger partial charge in [0.25, 0.3) is 0 Å². The summed E-state index contributed by atoms with van der Waals surface area (Å²) in [6.07, 6.45) is 3.38. The van der Waals surface area contributed by atoms with Crippen LogP contribution < -0.4 is 0 Å². The summed E-state index contributed by atoms with van der Waals surface area (Å²) in [5.41, 5.74) is 3.00. The van der Waals surface area contributed by atoms with Crippen LogP contribution in [0, 0.1) is 0 Å². The molecule has 0 saturated heterocycles. The Labute approximate surface area is 203 Å². The summed E-state index contributed by atoms with van der Waals surface area (Å²) in [5, 5.41) is 20.9. The predicted molar refractivity (Wildman–Crippen MR) is 130 cm³/mol. The average molecular weight is 499 g/mol. The van der Waals surface area contributed by atoms with Crippen molar-refractivity contribution >= 4 is 31.0 Å². The molecule has 0 unspecified atom stereocenters. The zero-order valence-corrected chi connectivity index (χ0v) is 22.2. The molecule has 2 N–H and O–H groups in total. The standard InChI is InChI=1S/C24H32N2O2.2ClH.Ti/c1-23(2,3)19-11-7-9-17(21(19)27)15-25-13-14-26-16-18-10-8-12-20(22(18)28)24(4,5)6;;;/h7-12,15-16,27-28H,13-14H2,1-6H3;2*1H;/q;;;+2/p-2. The number of para-hydroxylation sites is 2. The quantitative estimate of drug-likeness (QED) is 0.276. The van der Waals surface area contributed by atoms with Gasteiger partial charge in [0.15, 0.2) is 0 Å². The van der Waals surface area contributed by atoms with E-state index < -0.39 is 17.0 Å². The molecule has 2 aromatic carbocycles. The second-order valence-electron chi connectivity index (χ2n) is 9.13. The fourth-order valence-corrected chi connectivity index (χ4v) is 2.98. The number of aliphatic imine (C=N–C) groups is 2. The summed E-state index contributed by atoms with van der Waals surface area (Å²) in [7, 11) is 9.78. The third-order valence-corrected chi connectivity index (χ3v) is 4.57. The molecule has 0 atom stereocenters. The zero-order valence-electron chi connectivity index (χ0n) is 19.1. The van der Waals surface area contributed by atoms with Crippen molar-refractivity contribution in [2.45, 2.75) is 52.4 Å². The van der Waals surface area contributed by atoms with Gasteiger partial charge in [0.2, 0.25) is 0 Å². The van der Waals surface area contributed by atoms with Gasteiger partial charge in [0, 0.05) is 23.6 Å². The zero-order chi connectivity index (χ0) is 23.7. The molecule has 168 valence electrons. The van der Waals surface area contributed by atoms with Gasteiger partial charge in [0.05, 0.1) is 13.1 Å². The summed E-state index contributed by atoms with van der Waals surface area (Å²) in [5.74, 6) is 0.567. The summed E-state index contributed by atoms with van der Waals surface area (Å²) in [6.45, 7) is 13.4. The number of hydrogen-bond acceptors (Lipinski definition) is 4. The first-order valence-corrected chi connectivity index (χ1v) is 14.3. The second kappa shape index (κ2) is 12.6. The van der Waals surface area contributed by atoms with E-state index in [1.54, 1.807) is 12.4 Å². The van der Waals surface area contributed by atoms with Crippen LogP contribution in [0.15, 0.2) is 46.4 Å². The summed E-state index contributed by atoms with van der Waals surface area (Å²) < 4.78 is 0. The Hall–Kier alpha value is -1.33. The maximum atomic E-state index is 10.4. The Bertz CT molecular complexity index is 828. The molecule has 31 heavy (non-hydrogen) atoms. The van der Waals surface area contributed by atoms with Gasteiger partial charge < -0.3 is 10.2 Å². The Kier molecular flexibility index (Phi) is 11.3. The number of aromatic hydroxyl groups is 2. The van der Waals surface area contributed by atoms with E-state index in [9.17, 15) is 10.2 Å². The van der Waals surface area contributed by atoms with Gasteiger partial charge in [-0.3, -0.25) is 9.98 Å². The van der Waals surface area contributed by atoms with Gasteiger partial charge in [-0.05, 0) is 34.1 Å². The average Bonchev–Trinajstić information content (AvgIpc) is 2.65. The SMILES string of the molecule is CC(C)(C)c1cccc(C=NCCN=Cc2cccc(C(C)(C)C)c2O)c1O.[Cl][Ti][Cl]. The topological polar surface area (TPSA) is 65.2 Å². The molecule has 0 radical (unpaired) electrons. The molecule has 0 heterocycles. The summed E-state index contributed by atoms with van der Waals surface area (Å²) >= 11 is -0.556. The minimum absolute atomic E-state index is 0.123. The van der Waals surface area contributed by atoms with Crippen molar-refractivity contribution < 1.29 is 27.2 Å². The van der Waals surface area contributed by atoms with Gasteiger partial charge >= 0.3 is 35.6 Å². The van der Waals surface area contributed by atoms with Crippen molar-refractivity contribution in [2.75, 3.05) is 13.1 Å². The third-order valence-electron chi connectivity index (χ3n) is 4.57. The van der Waals surface area contributed by atoms with E-state index in [0.29, 0.717) is 24.2 Å². The molecule has 0 fully saturated rings. The van der Waals surface area contributed by atoms with Crippen LogP contribution >= 0.6 is 18.6 Å². The van der Waals surface area contributed by atoms with Crippen LogP contribution in [0.5, 0.6) is 11.5 Å². The van der Waals surface area contributed by atoms with Crippen LogP contribution in [0.3, 0.4) is 0 Å². The van der Waals surface area contributed by atoms with Crippen LogP contribution in [0.4, 0.5) is 0 Å². The Balaban J connectivity index is 0.00000151. The number of phenolic OH excluding ortho intramolecular Hbond substituents is 2. The molecule has 7 heteroatoms. The van der Waals surface area contributed by atoms with Crippen molar-refractivity contribution in [3.05, 3.63) is 58.7 Å². The van der Waals surface area contributed by atoms with Crippen molar-refractivity contribution in [1.29, 1.82) is 0 Å². The van der Waals surface area contributed by atoms with Crippen LogP contribution in [0.2, 0.25) is 0 Å². The number of benzene rings is 2. The molecular formula is C24H32Cl2N2O2Ti. The number of phenols is 2. The minimum atomic E-state index is -0.556. The van der Waals surface area contributed by atoms with Crippen molar-refractivity contribution in [3.63, 3.8) is 0 Å². The predicted octanol–water partition coefficient (Wildman–Crippen LogP) is 6.61. The van der Waals surface area contributed by atoms with E-state index in [1.807, 2.05) is 36.4 Å².